The minimum Gasteiger partial charge on any atom is -0.495 e. The predicted octanol–water partition coefficient (Wildman–Crippen LogP) is 8.59. The molecule has 3 saturated heterocycles. The average Bonchev–Trinajstić information content (AvgIpc) is 3.96. The number of fused-ring (bicyclic) bond motifs is 3. The molecule has 4 aromatic carbocycles. The van der Waals surface area contributed by atoms with Crippen molar-refractivity contribution in [3.8, 4) is 17.6 Å². The second kappa shape index (κ2) is 18.9. The van der Waals surface area contributed by atoms with E-state index in [2.05, 4.69) is 53.9 Å². The molecule has 5 aliphatic rings. The Morgan fingerprint density at radius 3 is 2.59 bits per heavy atom. The van der Waals surface area contributed by atoms with Gasteiger partial charge in [0, 0.05) is 83.3 Å². The number of piperidine rings is 2. The van der Waals surface area contributed by atoms with Gasteiger partial charge in [0.2, 0.25) is 17.7 Å². The molecule has 5 amide bonds. The zero-order valence-corrected chi connectivity index (χ0v) is 40.1. The SMILES string of the molecule is COc1cc(C(=O)N2CCCC[C@@H]2CCC#Cc2cccc3c2CN([C@H]2CCC(=O)NC2=O)C3=O)ccc1NC(=O)[C@@H]1N[C@@H](CC(C)(C)C)[C@@]2(CNc3cc(Cl)ccc32)[C@H]1c1cccc(Cl)c1F. The van der Waals surface area contributed by atoms with E-state index in [1.54, 1.807) is 42.5 Å². The second-order valence-electron chi connectivity index (χ2n) is 19.8. The molecule has 68 heavy (non-hydrogen) atoms. The largest absolute Gasteiger partial charge is 0.495 e. The maximum Gasteiger partial charge on any atom is 0.255 e. The molecule has 1 spiro atoms. The molecule has 9 rings (SSSR count). The van der Waals surface area contributed by atoms with Gasteiger partial charge in [-0.05, 0) is 109 Å². The first kappa shape index (κ1) is 47.1. The Bertz CT molecular complexity index is 2780. The normalized spacial score (nSPS) is 24.2. The molecule has 4 aromatic rings. The van der Waals surface area contributed by atoms with Gasteiger partial charge in [-0.3, -0.25) is 29.3 Å². The fourth-order valence-electron chi connectivity index (χ4n) is 11.2. The van der Waals surface area contributed by atoms with E-state index < -0.39 is 35.1 Å². The minimum absolute atomic E-state index is 0.0282. The molecule has 0 bridgehead atoms. The van der Waals surface area contributed by atoms with E-state index in [1.807, 2.05) is 29.2 Å². The molecule has 12 nitrogen and oxygen atoms in total. The number of carbonyl (C=O) groups is 5. The van der Waals surface area contributed by atoms with E-state index in [4.69, 9.17) is 27.9 Å². The Morgan fingerprint density at radius 1 is 1.00 bits per heavy atom. The highest BCUT2D eigenvalue weighted by atomic mass is 35.5. The third kappa shape index (κ3) is 8.83. The van der Waals surface area contributed by atoms with Crippen molar-refractivity contribution in [2.24, 2.45) is 5.41 Å². The third-order valence-corrected chi connectivity index (χ3v) is 14.9. The molecule has 5 heterocycles. The summed E-state index contributed by atoms with van der Waals surface area (Å²) in [4.78, 5) is 70.2. The molecule has 0 saturated carbocycles. The van der Waals surface area contributed by atoms with E-state index in [0.717, 1.165) is 36.1 Å². The smallest absolute Gasteiger partial charge is 0.255 e. The average molecular weight is 962 g/mol. The van der Waals surface area contributed by atoms with Crippen LogP contribution in [0, 0.1) is 23.1 Å². The number of hydrogen-bond acceptors (Lipinski definition) is 8. The molecule has 0 aliphatic carbocycles. The van der Waals surface area contributed by atoms with Gasteiger partial charge in [0.25, 0.3) is 11.8 Å². The van der Waals surface area contributed by atoms with Gasteiger partial charge in [0.1, 0.15) is 17.6 Å². The third-order valence-electron chi connectivity index (χ3n) is 14.4. The summed E-state index contributed by atoms with van der Waals surface area (Å²) < 4.78 is 22.2. The first-order chi connectivity index (χ1) is 32.6. The van der Waals surface area contributed by atoms with Crippen LogP contribution < -0.4 is 26.0 Å². The lowest BCUT2D eigenvalue weighted by molar-refractivity contribution is -0.137. The summed E-state index contributed by atoms with van der Waals surface area (Å²) in [6.07, 6.45) is 4.96. The summed E-state index contributed by atoms with van der Waals surface area (Å²) >= 11 is 12.9. The molecule has 4 N–H and O–H groups in total. The van der Waals surface area contributed by atoms with E-state index in [9.17, 15) is 24.0 Å². The first-order valence-corrected chi connectivity index (χ1v) is 24.1. The number of halogens is 3. The number of nitrogens with zero attached hydrogens (tertiary/aromatic N) is 2. The van der Waals surface area contributed by atoms with Crippen LogP contribution in [-0.4, -0.2) is 83.7 Å². The van der Waals surface area contributed by atoms with Crippen molar-refractivity contribution in [2.75, 3.05) is 30.8 Å². The molecular weight excluding hydrogens is 907 g/mol. The fourth-order valence-corrected chi connectivity index (χ4v) is 11.6. The van der Waals surface area contributed by atoms with E-state index in [1.165, 1.54) is 18.1 Å². The van der Waals surface area contributed by atoms with Crippen LogP contribution in [0.25, 0.3) is 0 Å². The lowest BCUT2D eigenvalue weighted by atomic mass is 9.63. The van der Waals surface area contributed by atoms with Gasteiger partial charge in [-0.1, -0.05) is 80.1 Å². The fraction of sp³-hybridized carbons (Fsp3) is 0.415. The zero-order chi connectivity index (χ0) is 48.1. The highest BCUT2D eigenvalue weighted by molar-refractivity contribution is 6.31. The number of nitrogens with one attached hydrogen (secondary N) is 4. The van der Waals surface area contributed by atoms with E-state index in [0.29, 0.717) is 71.1 Å². The van der Waals surface area contributed by atoms with Crippen LogP contribution in [0.5, 0.6) is 5.75 Å². The summed E-state index contributed by atoms with van der Waals surface area (Å²) in [7, 11) is 1.49. The summed E-state index contributed by atoms with van der Waals surface area (Å²) in [6, 6.07) is 19.1. The van der Waals surface area contributed by atoms with Gasteiger partial charge in [0.05, 0.1) is 23.9 Å². The predicted molar refractivity (Wildman–Crippen MR) is 259 cm³/mol. The number of imide groups is 1. The van der Waals surface area contributed by atoms with E-state index in [-0.39, 0.29) is 65.5 Å². The van der Waals surface area contributed by atoms with Crippen LogP contribution in [0.2, 0.25) is 10.0 Å². The van der Waals surface area contributed by atoms with Crippen LogP contribution in [0.3, 0.4) is 0 Å². The van der Waals surface area contributed by atoms with Crippen molar-refractivity contribution in [2.45, 2.75) is 114 Å². The quantitative estimate of drug-likeness (QED) is 0.0964. The number of anilines is 2. The zero-order valence-electron chi connectivity index (χ0n) is 38.6. The van der Waals surface area contributed by atoms with Gasteiger partial charge in [-0.25, -0.2) is 4.39 Å². The molecule has 0 radical (unpaired) electrons. The van der Waals surface area contributed by atoms with Gasteiger partial charge >= 0.3 is 0 Å². The lowest BCUT2D eigenvalue weighted by Gasteiger charge is -2.39. The Balaban J connectivity index is 0.922. The summed E-state index contributed by atoms with van der Waals surface area (Å²) in [5.74, 6) is 4.00. The Kier molecular flexibility index (Phi) is 13.1. The number of ether oxygens (including phenoxy) is 1. The van der Waals surface area contributed by atoms with Crippen molar-refractivity contribution in [3.05, 3.63) is 122 Å². The number of amides is 5. The molecule has 3 fully saturated rings. The van der Waals surface area contributed by atoms with Gasteiger partial charge in [-0.2, -0.15) is 0 Å². The Hall–Kier alpha value is -5.94. The van der Waals surface area contributed by atoms with E-state index >= 15 is 4.39 Å². The van der Waals surface area contributed by atoms with Gasteiger partial charge in [-0.15, -0.1) is 0 Å². The molecular formula is C53H55Cl2FN6O6. The van der Waals surface area contributed by atoms with Gasteiger partial charge < -0.3 is 30.5 Å². The second-order valence-corrected chi connectivity index (χ2v) is 20.6. The Labute approximate surface area is 406 Å². The number of likely N-dealkylation sites (tertiary alicyclic amines) is 1. The van der Waals surface area contributed by atoms with Crippen LogP contribution in [-0.2, 0) is 26.3 Å². The monoisotopic (exact) mass is 960 g/mol. The number of rotatable bonds is 9. The highest BCUT2D eigenvalue weighted by Gasteiger charge is 2.61. The highest BCUT2D eigenvalue weighted by Crippen LogP contribution is 2.57. The van der Waals surface area contributed by atoms with Crippen molar-refractivity contribution < 1.29 is 33.1 Å². The summed E-state index contributed by atoms with van der Waals surface area (Å²) in [5.41, 5.74) is 3.97. The maximum absolute atomic E-state index is 16.4. The van der Waals surface area contributed by atoms with Crippen LogP contribution in [0.15, 0.2) is 72.8 Å². The van der Waals surface area contributed by atoms with Crippen molar-refractivity contribution in [1.29, 1.82) is 0 Å². The van der Waals surface area contributed by atoms with Crippen LogP contribution >= 0.6 is 23.2 Å². The lowest BCUT2D eigenvalue weighted by Crippen LogP contribution is -2.52. The molecule has 5 aliphatic heterocycles. The van der Waals surface area contributed by atoms with Crippen molar-refractivity contribution >= 4 is 64.1 Å². The standard InChI is InChI=1S/C53H55Cl2FN6O6/c1-52(2,3)27-43-53(29-57-40-26-32(54)19-20-37(40)53)45(35-16-10-17-38(55)46(35)56)47(59-43)49(65)58-39-21-18-31(25-42(39)68-4)50(66)61-24-8-7-14-33(61)13-6-5-11-30-12-9-15-34-36(30)28-62(51(34)67)41-22-23-44(63)60-48(41)64/h9-10,12,15-21,25-26,33,41,43,45,47,57,59H,6-8,13-14,22-24,27-29H2,1-4H3,(H,58,65)(H,60,63,64)/t33-,41-,43-,45-,47+,53-/m0/s1. The van der Waals surface area contributed by atoms with Gasteiger partial charge in [0.15, 0.2) is 0 Å². The van der Waals surface area contributed by atoms with Crippen LogP contribution in [0.4, 0.5) is 15.8 Å². The number of hydrogen-bond donors (Lipinski definition) is 4. The number of benzene rings is 4. The number of methoxy groups -OCH3 is 1. The number of carbonyl (C=O) groups excluding carboxylic acids is 5. The topological polar surface area (TPSA) is 149 Å². The summed E-state index contributed by atoms with van der Waals surface area (Å²) in [5, 5.41) is 13.2. The van der Waals surface area contributed by atoms with Crippen LogP contribution in [0.1, 0.15) is 121 Å². The van der Waals surface area contributed by atoms with Crippen molar-refractivity contribution in [1.82, 2.24) is 20.4 Å². The maximum atomic E-state index is 16.4. The molecule has 6 atom stereocenters. The molecule has 0 unspecified atom stereocenters. The molecule has 354 valence electrons. The first-order valence-electron chi connectivity index (χ1n) is 23.4. The van der Waals surface area contributed by atoms with Crippen molar-refractivity contribution in [3.63, 3.8) is 0 Å². The molecule has 0 aromatic heterocycles. The minimum atomic E-state index is -0.903. The summed E-state index contributed by atoms with van der Waals surface area (Å²) in [6.45, 7) is 7.70. The molecule has 15 heteroatoms. The Morgan fingerprint density at radius 2 is 1.81 bits per heavy atom.